The van der Waals surface area contributed by atoms with E-state index in [1.54, 1.807) is 14.2 Å². The van der Waals surface area contributed by atoms with Gasteiger partial charge in [0.05, 0.1) is 13.2 Å². The summed E-state index contributed by atoms with van der Waals surface area (Å²) in [5.41, 5.74) is 1.17. The molecule has 2 atom stereocenters. The summed E-state index contributed by atoms with van der Waals surface area (Å²) in [5, 5.41) is 0. The van der Waals surface area contributed by atoms with E-state index < -0.39 is 0 Å². The monoisotopic (exact) mass is 330 g/mol. The first kappa shape index (κ1) is 14.9. The Morgan fingerprint density at radius 1 is 1.05 bits per heavy atom. The van der Waals surface area contributed by atoms with Crippen molar-refractivity contribution in [1.82, 2.24) is 0 Å². The molecule has 106 valence electrons. The van der Waals surface area contributed by atoms with Crippen LogP contribution in [0.5, 0.6) is 0 Å². The van der Waals surface area contributed by atoms with Crippen LogP contribution < -0.4 is 0 Å². The van der Waals surface area contributed by atoms with Crippen LogP contribution in [-0.2, 0) is 25.4 Å². The average molecular weight is 331 g/mol. The molecule has 5 heteroatoms. The molecule has 1 aliphatic heterocycles. The molecule has 1 aromatic rings. The van der Waals surface area contributed by atoms with Gasteiger partial charge in [0, 0.05) is 25.1 Å². The molecule has 1 aliphatic rings. The second-order valence-electron chi connectivity index (χ2n) is 4.48. The summed E-state index contributed by atoms with van der Waals surface area (Å²) in [7, 11) is 3.32. The molecule has 1 saturated heterocycles. The highest BCUT2D eigenvalue weighted by Gasteiger charge is 2.36. The first-order valence-electron chi connectivity index (χ1n) is 6.26. The first-order valence-corrected chi connectivity index (χ1v) is 7.06. The molecule has 2 rings (SSSR count). The van der Waals surface area contributed by atoms with E-state index in [-0.39, 0.29) is 18.5 Å². The SMILES string of the molecule is COC[C@@H]1OC(Cc2ccccc2Br)O[C@H]1COC. The predicted molar refractivity (Wildman–Crippen MR) is 75.1 cm³/mol. The van der Waals surface area contributed by atoms with Crippen molar-refractivity contribution >= 4 is 15.9 Å². The number of halogens is 1. The van der Waals surface area contributed by atoms with Gasteiger partial charge in [-0.25, -0.2) is 0 Å². The molecule has 19 heavy (non-hydrogen) atoms. The fraction of sp³-hybridized carbons (Fsp3) is 0.571. The van der Waals surface area contributed by atoms with Crippen LogP contribution in [0.15, 0.2) is 28.7 Å². The number of hydrogen-bond donors (Lipinski definition) is 0. The van der Waals surface area contributed by atoms with E-state index in [0.717, 1.165) is 4.47 Å². The molecule has 1 aromatic carbocycles. The van der Waals surface area contributed by atoms with Crippen molar-refractivity contribution < 1.29 is 18.9 Å². The van der Waals surface area contributed by atoms with E-state index in [0.29, 0.717) is 19.6 Å². The lowest BCUT2D eigenvalue weighted by molar-refractivity contribution is -0.0753. The van der Waals surface area contributed by atoms with Gasteiger partial charge in [0.2, 0.25) is 0 Å². The topological polar surface area (TPSA) is 36.9 Å². The minimum absolute atomic E-state index is 0.0718. The minimum atomic E-state index is -0.251. The first-order chi connectivity index (χ1) is 9.24. The Hall–Kier alpha value is -0.460. The largest absolute Gasteiger partial charge is 0.382 e. The zero-order valence-corrected chi connectivity index (χ0v) is 12.8. The summed E-state index contributed by atoms with van der Waals surface area (Å²) >= 11 is 3.53. The van der Waals surface area contributed by atoms with Gasteiger partial charge in [0.1, 0.15) is 12.2 Å². The fourth-order valence-electron chi connectivity index (χ4n) is 2.16. The normalized spacial score (nSPS) is 23.9. The van der Waals surface area contributed by atoms with Crippen LogP contribution in [0, 0.1) is 0 Å². The van der Waals surface area contributed by atoms with Crippen molar-refractivity contribution in [2.45, 2.75) is 24.9 Å². The summed E-state index contributed by atoms with van der Waals surface area (Å²) in [4.78, 5) is 0. The zero-order chi connectivity index (χ0) is 13.7. The number of benzene rings is 1. The third-order valence-electron chi connectivity index (χ3n) is 3.07. The lowest BCUT2D eigenvalue weighted by Crippen LogP contribution is -2.30. The number of ether oxygens (including phenoxy) is 4. The van der Waals surface area contributed by atoms with Gasteiger partial charge in [-0.05, 0) is 11.6 Å². The molecule has 0 unspecified atom stereocenters. The Morgan fingerprint density at radius 2 is 1.63 bits per heavy atom. The second-order valence-corrected chi connectivity index (χ2v) is 5.34. The Kier molecular flexibility index (Phi) is 5.78. The maximum Gasteiger partial charge on any atom is 0.162 e. The van der Waals surface area contributed by atoms with Gasteiger partial charge in [0.25, 0.3) is 0 Å². The highest BCUT2D eigenvalue weighted by Crippen LogP contribution is 2.25. The van der Waals surface area contributed by atoms with Crippen molar-refractivity contribution in [1.29, 1.82) is 0 Å². The summed E-state index contributed by atoms with van der Waals surface area (Å²) in [6.45, 7) is 1.03. The maximum atomic E-state index is 5.88. The van der Waals surface area contributed by atoms with Crippen LogP contribution >= 0.6 is 15.9 Å². The summed E-state index contributed by atoms with van der Waals surface area (Å²) < 4.78 is 23.1. The van der Waals surface area contributed by atoms with Crippen molar-refractivity contribution in [3.63, 3.8) is 0 Å². The summed E-state index contributed by atoms with van der Waals surface area (Å²) in [6, 6.07) is 8.08. The molecular weight excluding hydrogens is 312 g/mol. The molecule has 1 fully saturated rings. The van der Waals surface area contributed by atoms with E-state index in [9.17, 15) is 0 Å². The lowest BCUT2D eigenvalue weighted by Gasteiger charge is -2.14. The van der Waals surface area contributed by atoms with Crippen molar-refractivity contribution in [3.8, 4) is 0 Å². The number of hydrogen-bond acceptors (Lipinski definition) is 4. The maximum absolute atomic E-state index is 5.88. The van der Waals surface area contributed by atoms with E-state index in [4.69, 9.17) is 18.9 Å². The summed E-state index contributed by atoms with van der Waals surface area (Å²) in [6.07, 6.45) is 0.316. The van der Waals surface area contributed by atoms with Crippen molar-refractivity contribution in [3.05, 3.63) is 34.3 Å². The Labute approximate surface area is 122 Å². The summed E-state index contributed by atoms with van der Waals surface area (Å²) in [5.74, 6) is 0. The highest BCUT2D eigenvalue weighted by atomic mass is 79.9. The quantitative estimate of drug-likeness (QED) is 0.802. The molecule has 0 spiro atoms. The molecule has 0 saturated carbocycles. The molecule has 0 aliphatic carbocycles. The van der Waals surface area contributed by atoms with Crippen LogP contribution in [-0.4, -0.2) is 45.9 Å². The number of rotatable bonds is 6. The van der Waals surface area contributed by atoms with Gasteiger partial charge in [-0.1, -0.05) is 34.1 Å². The molecule has 0 aromatic heterocycles. The fourth-order valence-corrected chi connectivity index (χ4v) is 2.61. The average Bonchev–Trinajstić information content (AvgIpc) is 2.76. The molecular formula is C14H19BrO4. The smallest absolute Gasteiger partial charge is 0.162 e. The van der Waals surface area contributed by atoms with E-state index in [2.05, 4.69) is 22.0 Å². The molecule has 0 bridgehead atoms. The van der Waals surface area contributed by atoms with Crippen molar-refractivity contribution in [2.75, 3.05) is 27.4 Å². The van der Waals surface area contributed by atoms with Gasteiger partial charge in [-0.2, -0.15) is 0 Å². The number of methoxy groups -OCH3 is 2. The Bertz CT molecular complexity index is 385. The van der Waals surface area contributed by atoms with Crippen molar-refractivity contribution in [2.24, 2.45) is 0 Å². The lowest BCUT2D eigenvalue weighted by atomic mass is 10.1. The van der Waals surface area contributed by atoms with Crippen LogP contribution in [0.1, 0.15) is 5.56 Å². The highest BCUT2D eigenvalue weighted by molar-refractivity contribution is 9.10. The molecule has 1 heterocycles. The molecule has 0 N–H and O–H groups in total. The van der Waals surface area contributed by atoms with Crippen LogP contribution in [0.3, 0.4) is 0 Å². The standard InChI is InChI=1S/C14H19BrO4/c1-16-8-12-13(9-17-2)19-14(18-12)7-10-5-3-4-6-11(10)15/h3-6,12-14H,7-9H2,1-2H3/t12-,13-/m0/s1. The van der Waals surface area contributed by atoms with E-state index >= 15 is 0 Å². The molecule has 0 radical (unpaired) electrons. The van der Waals surface area contributed by atoms with Gasteiger partial charge in [-0.3, -0.25) is 0 Å². The third kappa shape index (κ3) is 4.00. The second kappa shape index (κ2) is 7.36. The van der Waals surface area contributed by atoms with Gasteiger partial charge >= 0.3 is 0 Å². The molecule has 0 amide bonds. The third-order valence-corrected chi connectivity index (χ3v) is 3.85. The Morgan fingerprint density at radius 3 is 2.16 bits per heavy atom. The van der Waals surface area contributed by atoms with Crippen LogP contribution in [0.25, 0.3) is 0 Å². The van der Waals surface area contributed by atoms with Gasteiger partial charge in [0.15, 0.2) is 6.29 Å². The van der Waals surface area contributed by atoms with Crippen LogP contribution in [0.4, 0.5) is 0 Å². The van der Waals surface area contributed by atoms with E-state index in [1.165, 1.54) is 5.56 Å². The zero-order valence-electron chi connectivity index (χ0n) is 11.2. The van der Waals surface area contributed by atoms with Crippen LogP contribution in [0.2, 0.25) is 0 Å². The molecule has 4 nitrogen and oxygen atoms in total. The van der Waals surface area contributed by atoms with E-state index in [1.807, 2.05) is 18.2 Å². The van der Waals surface area contributed by atoms with Gasteiger partial charge < -0.3 is 18.9 Å². The van der Waals surface area contributed by atoms with Gasteiger partial charge in [-0.15, -0.1) is 0 Å². The minimum Gasteiger partial charge on any atom is -0.382 e. The predicted octanol–water partition coefficient (Wildman–Crippen LogP) is 2.39. The Balaban J connectivity index is 1.97.